The van der Waals surface area contributed by atoms with Crippen molar-refractivity contribution in [3.8, 4) is 11.5 Å². The van der Waals surface area contributed by atoms with E-state index in [0.29, 0.717) is 18.5 Å². The van der Waals surface area contributed by atoms with Gasteiger partial charge in [-0.1, -0.05) is 41.5 Å². The molecule has 1 N–H and O–H groups in total. The summed E-state index contributed by atoms with van der Waals surface area (Å²) in [6.45, 7) is 0.625. The molecule has 114 valence electrons. The minimum Gasteiger partial charge on any atom is -0.403 e. The quantitative estimate of drug-likeness (QED) is 0.627. The number of benzene rings is 2. The fourth-order valence-corrected chi connectivity index (χ4v) is 2.47. The van der Waals surface area contributed by atoms with Crippen molar-refractivity contribution in [2.24, 2.45) is 7.05 Å². The largest absolute Gasteiger partial charge is 0.403 e. The van der Waals surface area contributed by atoms with Crippen molar-refractivity contribution in [3.05, 3.63) is 60.4 Å². The van der Waals surface area contributed by atoms with Crippen LogP contribution in [0.5, 0.6) is 0 Å². The maximum absolute atomic E-state index is 5.61. The molecule has 2 aromatic heterocycles. The Kier molecular flexibility index (Phi) is 3.27. The predicted octanol–water partition coefficient (Wildman–Crippen LogP) is 3.24. The van der Waals surface area contributed by atoms with Crippen molar-refractivity contribution in [1.82, 2.24) is 20.0 Å². The van der Waals surface area contributed by atoms with E-state index in [1.165, 1.54) is 10.8 Å². The van der Waals surface area contributed by atoms with Gasteiger partial charge in [0, 0.05) is 19.8 Å². The van der Waals surface area contributed by atoms with Crippen molar-refractivity contribution in [2.45, 2.75) is 6.54 Å². The summed E-state index contributed by atoms with van der Waals surface area (Å²) in [5.41, 5.74) is 1.96. The molecule has 0 bridgehead atoms. The minimum atomic E-state index is 0.400. The van der Waals surface area contributed by atoms with Crippen molar-refractivity contribution in [1.29, 1.82) is 0 Å². The SMILES string of the molecule is Cn1cc(-c2nnc(NCc3ccc4ccccc4c3)o2)cn1. The Labute approximate surface area is 132 Å². The van der Waals surface area contributed by atoms with Crippen LogP contribution < -0.4 is 5.32 Å². The van der Waals surface area contributed by atoms with Gasteiger partial charge in [0.25, 0.3) is 5.89 Å². The summed E-state index contributed by atoms with van der Waals surface area (Å²) < 4.78 is 7.30. The van der Waals surface area contributed by atoms with E-state index in [4.69, 9.17) is 4.42 Å². The maximum atomic E-state index is 5.61. The lowest BCUT2D eigenvalue weighted by molar-refractivity contribution is 0.581. The highest BCUT2D eigenvalue weighted by Gasteiger charge is 2.09. The number of rotatable bonds is 4. The molecule has 0 saturated carbocycles. The third-order valence-electron chi connectivity index (χ3n) is 3.63. The second-order valence-electron chi connectivity index (χ2n) is 5.35. The highest BCUT2D eigenvalue weighted by molar-refractivity contribution is 5.83. The van der Waals surface area contributed by atoms with E-state index in [1.54, 1.807) is 10.9 Å². The first kappa shape index (κ1) is 13.5. The molecule has 0 amide bonds. The first-order valence-electron chi connectivity index (χ1n) is 7.32. The monoisotopic (exact) mass is 305 g/mol. The lowest BCUT2D eigenvalue weighted by Crippen LogP contribution is -1.99. The van der Waals surface area contributed by atoms with Crippen LogP contribution in [0.4, 0.5) is 6.01 Å². The molecule has 0 aliphatic heterocycles. The Bertz CT molecular complexity index is 956. The third-order valence-corrected chi connectivity index (χ3v) is 3.63. The van der Waals surface area contributed by atoms with Gasteiger partial charge < -0.3 is 9.73 Å². The average Bonchev–Trinajstić information content (AvgIpc) is 3.21. The molecule has 6 heteroatoms. The molecule has 0 atom stereocenters. The van der Waals surface area contributed by atoms with E-state index >= 15 is 0 Å². The van der Waals surface area contributed by atoms with E-state index < -0.39 is 0 Å². The smallest absolute Gasteiger partial charge is 0.316 e. The topological polar surface area (TPSA) is 68.8 Å². The van der Waals surface area contributed by atoms with Crippen LogP contribution in [0, 0.1) is 0 Å². The number of nitrogens with one attached hydrogen (secondary N) is 1. The third kappa shape index (κ3) is 2.78. The molecule has 4 aromatic rings. The van der Waals surface area contributed by atoms with Crippen LogP contribution in [-0.4, -0.2) is 20.0 Å². The van der Waals surface area contributed by atoms with Crippen LogP contribution in [0.3, 0.4) is 0 Å². The molecule has 4 rings (SSSR count). The molecule has 0 aliphatic rings. The molecule has 6 nitrogen and oxygen atoms in total. The lowest BCUT2D eigenvalue weighted by atomic mass is 10.1. The molecule has 0 radical (unpaired) electrons. The van der Waals surface area contributed by atoms with Gasteiger partial charge in [-0.3, -0.25) is 4.68 Å². The highest BCUT2D eigenvalue weighted by atomic mass is 16.4. The molecule has 2 heterocycles. The zero-order chi connectivity index (χ0) is 15.6. The van der Waals surface area contributed by atoms with E-state index in [-0.39, 0.29) is 0 Å². The van der Waals surface area contributed by atoms with Gasteiger partial charge in [-0.15, -0.1) is 5.10 Å². The van der Waals surface area contributed by atoms with Gasteiger partial charge in [-0.2, -0.15) is 5.10 Å². The molecule has 0 spiro atoms. The standard InChI is InChI=1S/C17H15N5O/c1-22-11-15(10-19-22)16-20-21-17(23-16)18-9-12-6-7-13-4-2-3-5-14(13)8-12/h2-8,10-11H,9H2,1H3,(H,18,21). The fourth-order valence-electron chi connectivity index (χ4n) is 2.47. The number of fused-ring (bicyclic) bond motifs is 1. The van der Waals surface area contributed by atoms with Crippen molar-refractivity contribution in [3.63, 3.8) is 0 Å². The molecular formula is C17H15N5O. The van der Waals surface area contributed by atoms with Crippen LogP contribution in [0.2, 0.25) is 0 Å². The van der Waals surface area contributed by atoms with Crippen LogP contribution in [-0.2, 0) is 13.6 Å². The molecule has 2 aromatic carbocycles. The summed E-state index contributed by atoms with van der Waals surface area (Å²) in [5, 5.41) is 17.7. The Balaban J connectivity index is 1.49. The van der Waals surface area contributed by atoms with Gasteiger partial charge in [0.2, 0.25) is 0 Å². The van der Waals surface area contributed by atoms with E-state index in [9.17, 15) is 0 Å². The zero-order valence-corrected chi connectivity index (χ0v) is 12.6. The number of hydrogen-bond donors (Lipinski definition) is 1. The fraction of sp³-hybridized carbons (Fsp3) is 0.118. The molecule has 23 heavy (non-hydrogen) atoms. The number of hydrogen-bond acceptors (Lipinski definition) is 5. The average molecular weight is 305 g/mol. The number of nitrogens with zero attached hydrogens (tertiary/aromatic N) is 4. The second kappa shape index (κ2) is 5.57. The van der Waals surface area contributed by atoms with Gasteiger partial charge >= 0.3 is 6.01 Å². The first-order chi connectivity index (χ1) is 11.3. The molecule has 0 aliphatic carbocycles. The number of anilines is 1. The maximum Gasteiger partial charge on any atom is 0.316 e. The van der Waals surface area contributed by atoms with E-state index in [2.05, 4.69) is 50.9 Å². The Morgan fingerprint density at radius 1 is 1.09 bits per heavy atom. The summed E-state index contributed by atoms with van der Waals surface area (Å²) in [5.74, 6) is 0.458. The Morgan fingerprint density at radius 3 is 2.78 bits per heavy atom. The first-order valence-corrected chi connectivity index (χ1v) is 7.32. The van der Waals surface area contributed by atoms with E-state index in [0.717, 1.165) is 11.1 Å². The van der Waals surface area contributed by atoms with Crippen LogP contribution in [0.1, 0.15) is 5.56 Å². The Hall–Kier alpha value is -3.15. The number of aromatic nitrogens is 4. The van der Waals surface area contributed by atoms with Gasteiger partial charge in [0.05, 0.1) is 11.8 Å². The van der Waals surface area contributed by atoms with Crippen LogP contribution >= 0.6 is 0 Å². The summed E-state index contributed by atoms with van der Waals surface area (Å²) >= 11 is 0. The second-order valence-corrected chi connectivity index (χ2v) is 5.35. The molecule has 0 saturated heterocycles. The van der Waals surface area contributed by atoms with Crippen molar-refractivity contribution < 1.29 is 4.42 Å². The van der Waals surface area contributed by atoms with Gasteiger partial charge in [0.1, 0.15) is 0 Å². The predicted molar refractivity (Wildman–Crippen MR) is 87.8 cm³/mol. The summed E-state index contributed by atoms with van der Waals surface area (Å²) in [6.07, 6.45) is 3.53. The van der Waals surface area contributed by atoms with Crippen molar-refractivity contribution in [2.75, 3.05) is 5.32 Å². The minimum absolute atomic E-state index is 0.400. The zero-order valence-electron chi connectivity index (χ0n) is 12.6. The van der Waals surface area contributed by atoms with Crippen LogP contribution in [0.15, 0.2) is 59.3 Å². The molecule has 0 unspecified atom stereocenters. The summed E-state index contributed by atoms with van der Waals surface area (Å²) in [4.78, 5) is 0. The van der Waals surface area contributed by atoms with Gasteiger partial charge in [-0.05, 0) is 22.4 Å². The Morgan fingerprint density at radius 2 is 1.96 bits per heavy atom. The summed E-state index contributed by atoms with van der Waals surface area (Å²) in [7, 11) is 1.85. The van der Waals surface area contributed by atoms with Crippen LogP contribution in [0.25, 0.3) is 22.2 Å². The van der Waals surface area contributed by atoms with Gasteiger partial charge in [-0.25, -0.2) is 0 Å². The molecular weight excluding hydrogens is 290 g/mol. The highest BCUT2D eigenvalue weighted by Crippen LogP contribution is 2.20. The summed E-state index contributed by atoms with van der Waals surface area (Å²) in [6, 6.07) is 15.0. The normalized spacial score (nSPS) is 11.0. The lowest BCUT2D eigenvalue weighted by Gasteiger charge is -2.04. The van der Waals surface area contributed by atoms with Gasteiger partial charge in [0.15, 0.2) is 0 Å². The van der Waals surface area contributed by atoms with E-state index in [1.807, 2.05) is 25.4 Å². The molecule has 0 fully saturated rings. The number of aryl methyl sites for hydroxylation is 1. The van der Waals surface area contributed by atoms with Crippen molar-refractivity contribution >= 4 is 16.8 Å².